The molecule has 0 bridgehead atoms. The SMILES string of the molecule is Cc1nc(Nc2cccc(Br)c2)cc(C(=O)NCc2ccncc2)n1. The first-order valence-corrected chi connectivity index (χ1v) is 8.45. The van der Waals surface area contributed by atoms with E-state index >= 15 is 0 Å². The number of anilines is 2. The maximum atomic E-state index is 12.4. The Balaban J connectivity index is 1.73. The van der Waals surface area contributed by atoms with Crippen LogP contribution in [0, 0.1) is 6.92 Å². The number of rotatable bonds is 5. The van der Waals surface area contributed by atoms with Crippen molar-refractivity contribution in [3.63, 3.8) is 0 Å². The molecule has 3 rings (SSSR count). The highest BCUT2D eigenvalue weighted by Crippen LogP contribution is 2.19. The third-order valence-electron chi connectivity index (χ3n) is 3.37. The van der Waals surface area contributed by atoms with Crippen molar-refractivity contribution < 1.29 is 4.79 Å². The van der Waals surface area contributed by atoms with Crippen LogP contribution in [0.5, 0.6) is 0 Å². The zero-order chi connectivity index (χ0) is 17.6. The summed E-state index contributed by atoms with van der Waals surface area (Å²) in [5.41, 5.74) is 2.16. The molecule has 0 unspecified atom stereocenters. The number of hydrogen-bond donors (Lipinski definition) is 2. The summed E-state index contributed by atoms with van der Waals surface area (Å²) < 4.78 is 0.957. The van der Waals surface area contributed by atoms with Gasteiger partial charge in [0.05, 0.1) is 0 Å². The predicted octanol–water partition coefficient (Wildman–Crippen LogP) is 3.62. The van der Waals surface area contributed by atoms with Gasteiger partial charge in [-0.05, 0) is 42.8 Å². The summed E-state index contributed by atoms with van der Waals surface area (Å²) in [6.45, 7) is 2.17. The molecule has 0 fully saturated rings. The van der Waals surface area contributed by atoms with E-state index in [1.807, 2.05) is 36.4 Å². The van der Waals surface area contributed by atoms with Crippen molar-refractivity contribution in [1.29, 1.82) is 0 Å². The molecule has 0 aliphatic heterocycles. The average molecular weight is 398 g/mol. The van der Waals surface area contributed by atoms with Gasteiger partial charge in [0, 0.05) is 35.2 Å². The van der Waals surface area contributed by atoms with Crippen LogP contribution >= 0.6 is 15.9 Å². The Kier molecular flexibility index (Phi) is 5.35. The number of amides is 1. The van der Waals surface area contributed by atoms with E-state index < -0.39 is 0 Å². The van der Waals surface area contributed by atoms with E-state index in [2.05, 4.69) is 41.5 Å². The summed E-state index contributed by atoms with van der Waals surface area (Å²) in [5, 5.41) is 6.04. The minimum absolute atomic E-state index is 0.250. The minimum atomic E-state index is -0.250. The van der Waals surface area contributed by atoms with Crippen molar-refractivity contribution in [3.8, 4) is 0 Å². The molecule has 0 saturated carbocycles. The molecule has 0 radical (unpaired) electrons. The van der Waals surface area contributed by atoms with Gasteiger partial charge in [-0.2, -0.15) is 0 Å². The van der Waals surface area contributed by atoms with E-state index in [0.717, 1.165) is 15.7 Å². The number of hydrogen-bond acceptors (Lipinski definition) is 5. The van der Waals surface area contributed by atoms with Gasteiger partial charge in [0.2, 0.25) is 0 Å². The summed E-state index contributed by atoms with van der Waals surface area (Å²) >= 11 is 3.43. The Hall–Kier alpha value is -2.80. The maximum absolute atomic E-state index is 12.4. The Labute approximate surface area is 153 Å². The number of carbonyl (C=O) groups is 1. The van der Waals surface area contributed by atoms with Crippen molar-refractivity contribution in [1.82, 2.24) is 20.3 Å². The van der Waals surface area contributed by atoms with Crippen molar-refractivity contribution in [2.24, 2.45) is 0 Å². The first-order chi connectivity index (χ1) is 12.1. The van der Waals surface area contributed by atoms with Crippen LogP contribution in [-0.4, -0.2) is 20.9 Å². The topological polar surface area (TPSA) is 79.8 Å². The van der Waals surface area contributed by atoms with E-state index in [4.69, 9.17) is 0 Å². The van der Waals surface area contributed by atoms with Gasteiger partial charge in [0.25, 0.3) is 5.91 Å². The molecule has 0 aliphatic carbocycles. The number of benzene rings is 1. The Morgan fingerprint density at radius 3 is 2.68 bits per heavy atom. The molecule has 2 N–H and O–H groups in total. The summed E-state index contributed by atoms with van der Waals surface area (Å²) in [7, 11) is 0. The summed E-state index contributed by atoms with van der Waals surface area (Å²) in [4.78, 5) is 24.9. The van der Waals surface area contributed by atoms with Crippen LogP contribution in [0.2, 0.25) is 0 Å². The van der Waals surface area contributed by atoms with Gasteiger partial charge >= 0.3 is 0 Å². The fourth-order valence-electron chi connectivity index (χ4n) is 2.24. The van der Waals surface area contributed by atoms with E-state index in [-0.39, 0.29) is 5.91 Å². The lowest BCUT2D eigenvalue weighted by Crippen LogP contribution is -2.24. The molecule has 2 heterocycles. The van der Waals surface area contributed by atoms with Crippen molar-refractivity contribution in [3.05, 3.63) is 76.4 Å². The summed E-state index contributed by atoms with van der Waals surface area (Å²) in [6.07, 6.45) is 3.38. The molecule has 0 saturated heterocycles. The molecule has 126 valence electrons. The van der Waals surface area contributed by atoms with Crippen LogP contribution in [-0.2, 0) is 6.54 Å². The number of nitrogens with one attached hydrogen (secondary N) is 2. The zero-order valence-electron chi connectivity index (χ0n) is 13.5. The Morgan fingerprint density at radius 2 is 1.92 bits per heavy atom. The van der Waals surface area contributed by atoms with Crippen LogP contribution in [0.3, 0.4) is 0 Å². The van der Waals surface area contributed by atoms with Crippen LogP contribution in [0.25, 0.3) is 0 Å². The van der Waals surface area contributed by atoms with E-state index in [0.29, 0.717) is 23.9 Å². The van der Waals surface area contributed by atoms with Crippen molar-refractivity contribution >= 4 is 33.3 Å². The number of aryl methyl sites for hydroxylation is 1. The average Bonchev–Trinajstić information content (AvgIpc) is 2.60. The monoisotopic (exact) mass is 397 g/mol. The molecule has 25 heavy (non-hydrogen) atoms. The second-order valence-electron chi connectivity index (χ2n) is 5.36. The van der Waals surface area contributed by atoms with Gasteiger partial charge in [0.1, 0.15) is 17.3 Å². The predicted molar refractivity (Wildman–Crippen MR) is 99.6 cm³/mol. The van der Waals surface area contributed by atoms with Gasteiger partial charge in [-0.25, -0.2) is 9.97 Å². The van der Waals surface area contributed by atoms with E-state index in [1.165, 1.54) is 0 Å². The molecule has 3 aromatic rings. The lowest BCUT2D eigenvalue weighted by molar-refractivity contribution is 0.0945. The highest BCUT2D eigenvalue weighted by molar-refractivity contribution is 9.10. The Bertz CT molecular complexity index is 886. The first-order valence-electron chi connectivity index (χ1n) is 7.65. The number of carbonyl (C=O) groups excluding carboxylic acids is 1. The summed E-state index contributed by atoms with van der Waals surface area (Å²) in [5.74, 6) is 0.841. The van der Waals surface area contributed by atoms with E-state index in [1.54, 1.807) is 25.4 Å². The highest BCUT2D eigenvalue weighted by Gasteiger charge is 2.10. The number of aromatic nitrogens is 3. The second kappa shape index (κ2) is 7.85. The maximum Gasteiger partial charge on any atom is 0.270 e. The minimum Gasteiger partial charge on any atom is -0.347 e. The van der Waals surface area contributed by atoms with Crippen molar-refractivity contribution in [2.75, 3.05) is 5.32 Å². The standard InChI is InChI=1S/C18H16BrN5O/c1-12-22-16(18(25)21-11-13-5-7-20-8-6-13)10-17(23-12)24-15-4-2-3-14(19)9-15/h2-10H,11H2,1H3,(H,21,25)(H,22,23,24). The molecule has 0 atom stereocenters. The number of pyridine rings is 1. The van der Waals surface area contributed by atoms with Gasteiger partial charge in [-0.1, -0.05) is 22.0 Å². The molecular weight excluding hydrogens is 382 g/mol. The van der Waals surface area contributed by atoms with Crippen LogP contribution in [0.4, 0.5) is 11.5 Å². The number of halogens is 1. The third-order valence-corrected chi connectivity index (χ3v) is 3.86. The largest absolute Gasteiger partial charge is 0.347 e. The molecule has 0 aliphatic rings. The molecular formula is C18H16BrN5O. The highest BCUT2D eigenvalue weighted by atomic mass is 79.9. The molecule has 0 spiro atoms. The molecule has 1 aromatic carbocycles. The first kappa shape index (κ1) is 17.0. The molecule has 2 aromatic heterocycles. The van der Waals surface area contributed by atoms with Gasteiger partial charge in [-0.3, -0.25) is 9.78 Å². The van der Waals surface area contributed by atoms with Crippen LogP contribution in [0.1, 0.15) is 21.9 Å². The Morgan fingerprint density at radius 1 is 1.12 bits per heavy atom. The van der Waals surface area contributed by atoms with Gasteiger partial charge in [-0.15, -0.1) is 0 Å². The van der Waals surface area contributed by atoms with E-state index in [9.17, 15) is 4.79 Å². The quantitative estimate of drug-likeness (QED) is 0.687. The van der Waals surface area contributed by atoms with Gasteiger partial charge in [0.15, 0.2) is 0 Å². The molecule has 7 heteroatoms. The summed E-state index contributed by atoms with van der Waals surface area (Å²) in [6, 6.07) is 13.1. The van der Waals surface area contributed by atoms with Crippen LogP contribution in [0.15, 0.2) is 59.3 Å². The normalized spacial score (nSPS) is 10.3. The fourth-order valence-corrected chi connectivity index (χ4v) is 2.63. The van der Waals surface area contributed by atoms with Crippen LogP contribution < -0.4 is 10.6 Å². The second-order valence-corrected chi connectivity index (χ2v) is 6.27. The lowest BCUT2D eigenvalue weighted by Gasteiger charge is -2.09. The number of nitrogens with zero attached hydrogens (tertiary/aromatic N) is 3. The zero-order valence-corrected chi connectivity index (χ0v) is 15.1. The smallest absolute Gasteiger partial charge is 0.270 e. The van der Waals surface area contributed by atoms with Gasteiger partial charge < -0.3 is 10.6 Å². The van der Waals surface area contributed by atoms with Crippen molar-refractivity contribution in [2.45, 2.75) is 13.5 Å². The fraction of sp³-hybridized carbons (Fsp3) is 0.111. The molecule has 1 amide bonds. The molecule has 6 nitrogen and oxygen atoms in total. The third kappa shape index (κ3) is 4.84. The lowest BCUT2D eigenvalue weighted by atomic mass is 10.2.